The second-order valence-electron chi connectivity index (χ2n) is 10.2. The monoisotopic (exact) mass is 418 g/mol. The molecule has 1 N–H and O–H groups in total. The van der Waals surface area contributed by atoms with Crippen molar-refractivity contribution in [1.29, 1.82) is 0 Å². The fourth-order valence-electron chi connectivity index (χ4n) is 3.47. The molecule has 0 unspecified atom stereocenters. The van der Waals surface area contributed by atoms with E-state index in [9.17, 15) is 4.79 Å². The quantitative estimate of drug-likeness (QED) is 0.752. The molecule has 9 heteroatoms. The SMILES string of the molecule is CC(C)(C)OC(=O)NCC1CCN(c2ncc(B3OC(C)(C)C(C)(C)O3)cn2)CC1. The molecule has 2 fully saturated rings. The van der Waals surface area contributed by atoms with E-state index in [4.69, 9.17) is 14.0 Å². The highest BCUT2D eigenvalue weighted by Crippen LogP contribution is 2.36. The molecule has 0 radical (unpaired) electrons. The van der Waals surface area contributed by atoms with E-state index >= 15 is 0 Å². The predicted molar refractivity (Wildman–Crippen MR) is 117 cm³/mol. The summed E-state index contributed by atoms with van der Waals surface area (Å²) in [5.74, 6) is 1.15. The van der Waals surface area contributed by atoms with E-state index in [1.165, 1.54) is 0 Å². The van der Waals surface area contributed by atoms with Gasteiger partial charge in [0.1, 0.15) is 5.60 Å². The number of amides is 1. The Labute approximate surface area is 180 Å². The number of nitrogens with one attached hydrogen (secondary N) is 1. The van der Waals surface area contributed by atoms with Gasteiger partial charge in [0.15, 0.2) is 0 Å². The number of carbonyl (C=O) groups is 1. The highest BCUT2D eigenvalue weighted by Gasteiger charge is 2.52. The summed E-state index contributed by atoms with van der Waals surface area (Å²) in [6, 6.07) is 0. The molecule has 0 saturated carbocycles. The minimum Gasteiger partial charge on any atom is -0.444 e. The zero-order chi connectivity index (χ0) is 22.2. The van der Waals surface area contributed by atoms with Crippen LogP contribution < -0.4 is 15.7 Å². The summed E-state index contributed by atoms with van der Waals surface area (Å²) in [5.41, 5.74) is -0.414. The van der Waals surface area contributed by atoms with Gasteiger partial charge in [-0.1, -0.05) is 0 Å². The Bertz CT molecular complexity index is 724. The standard InChI is InChI=1S/C21H35BN4O4/c1-19(2,3)28-18(27)25-12-15-8-10-26(11-9-15)17-23-13-16(14-24-17)22-29-20(4,5)21(6,7)30-22/h13-15H,8-12H2,1-7H3,(H,25,27). The van der Waals surface area contributed by atoms with Crippen LogP contribution in [0.2, 0.25) is 0 Å². The molecule has 166 valence electrons. The van der Waals surface area contributed by atoms with E-state index in [0.29, 0.717) is 18.4 Å². The van der Waals surface area contributed by atoms with Crippen molar-refractivity contribution in [2.24, 2.45) is 5.92 Å². The molecule has 0 aromatic carbocycles. The lowest BCUT2D eigenvalue weighted by Crippen LogP contribution is -2.41. The van der Waals surface area contributed by atoms with Crippen molar-refractivity contribution in [3.63, 3.8) is 0 Å². The largest absolute Gasteiger partial charge is 0.498 e. The number of nitrogens with zero attached hydrogens (tertiary/aromatic N) is 3. The molecule has 2 aliphatic rings. The maximum atomic E-state index is 11.8. The van der Waals surface area contributed by atoms with Crippen molar-refractivity contribution >= 4 is 24.6 Å². The molecule has 0 aliphatic carbocycles. The van der Waals surface area contributed by atoms with E-state index in [2.05, 4.69) is 20.2 Å². The Hall–Kier alpha value is -1.87. The molecule has 0 atom stereocenters. The van der Waals surface area contributed by atoms with E-state index in [0.717, 1.165) is 31.4 Å². The van der Waals surface area contributed by atoms with Gasteiger partial charge in [0.25, 0.3) is 0 Å². The number of piperidine rings is 1. The fourth-order valence-corrected chi connectivity index (χ4v) is 3.47. The number of anilines is 1. The van der Waals surface area contributed by atoms with Gasteiger partial charge in [0.2, 0.25) is 5.95 Å². The topological polar surface area (TPSA) is 85.8 Å². The molecule has 0 bridgehead atoms. The molecule has 1 amide bonds. The molecule has 2 aliphatic heterocycles. The van der Waals surface area contributed by atoms with Crippen LogP contribution in [0.1, 0.15) is 61.3 Å². The summed E-state index contributed by atoms with van der Waals surface area (Å²) >= 11 is 0. The van der Waals surface area contributed by atoms with Crippen LogP contribution in [0.5, 0.6) is 0 Å². The Morgan fingerprint density at radius 2 is 1.70 bits per heavy atom. The number of hydrogen-bond donors (Lipinski definition) is 1. The minimum atomic E-state index is -0.475. The number of carbonyl (C=O) groups excluding carboxylic acids is 1. The van der Waals surface area contributed by atoms with Crippen LogP contribution >= 0.6 is 0 Å². The lowest BCUT2D eigenvalue weighted by molar-refractivity contribution is 0.00578. The maximum absolute atomic E-state index is 11.8. The molecule has 3 heterocycles. The number of hydrogen-bond acceptors (Lipinski definition) is 7. The summed E-state index contributed by atoms with van der Waals surface area (Å²) in [5, 5.41) is 2.88. The average molecular weight is 418 g/mol. The van der Waals surface area contributed by atoms with Crippen molar-refractivity contribution in [2.45, 2.75) is 78.1 Å². The first kappa shape index (κ1) is 22.8. The summed E-state index contributed by atoms with van der Waals surface area (Å²) in [6.45, 7) is 16.1. The van der Waals surface area contributed by atoms with Crippen LogP contribution in [0.15, 0.2) is 12.4 Å². The molecule has 1 aromatic rings. The molecular formula is C21H35BN4O4. The van der Waals surface area contributed by atoms with Crippen LogP contribution in [0.3, 0.4) is 0 Å². The summed E-state index contributed by atoms with van der Waals surface area (Å²) in [7, 11) is -0.450. The second-order valence-corrected chi connectivity index (χ2v) is 10.2. The first-order valence-electron chi connectivity index (χ1n) is 10.8. The van der Waals surface area contributed by atoms with Crippen molar-refractivity contribution in [3.05, 3.63) is 12.4 Å². The van der Waals surface area contributed by atoms with E-state index in [-0.39, 0.29) is 17.3 Å². The van der Waals surface area contributed by atoms with Crippen molar-refractivity contribution in [1.82, 2.24) is 15.3 Å². The first-order chi connectivity index (χ1) is 13.9. The number of rotatable bonds is 4. The average Bonchev–Trinajstić information content (AvgIpc) is 2.87. The highest BCUT2D eigenvalue weighted by molar-refractivity contribution is 6.61. The summed E-state index contributed by atoms with van der Waals surface area (Å²) < 4.78 is 17.4. The Kier molecular flexibility index (Phi) is 6.34. The zero-order valence-electron chi connectivity index (χ0n) is 19.3. The highest BCUT2D eigenvalue weighted by atomic mass is 16.7. The van der Waals surface area contributed by atoms with E-state index in [1.807, 2.05) is 48.5 Å². The Balaban J connectivity index is 1.48. The van der Waals surface area contributed by atoms with Gasteiger partial charge in [-0.25, -0.2) is 14.8 Å². The van der Waals surface area contributed by atoms with Gasteiger partial charge in [0.05, 0.1) is 11.2 Å². The van der Waals surface area contributed by atoms with Crippen molar-refractivity contribution in [2.75, 3.05) is 24.5 Å². The fraction of sp³-hybridized carbons (Fsp3) is 0.762. The van der Waals surface area contributed by atoms with E-state index in [1.54, 1.807) is 12.4 Å². The first-order valence-corrected chi connectivity index (χ1v) is 10.8. The molecular weight excluding hydrogens is 383 g/mol. The van der Waals surface area contributed by atoms with Gasteiger partial charge in [-0.15, -0.1) is 0 Å². The van der Waals surface area contributed by atoms with Crippen LogP contribution in [0.4, 0.5) is 10.7 Å². The Morgan fingerprint density at radius 1 is 1.17 bits per heavy atom. The third kappa shape index (κ3) is 5.43. The maximum Gasteiger partial charge on any atom is 0.498 e. The van der Waals surface area contributed by atoms with Gasteiger partial charge in [-0.2, -0.15) is 0 Å². The van der Waals surface area contributed by atoms with Gasteiger partial charge in [-0.05, 0) is 67.2 Å². The van der Waals surface area contributed by atoms with Crippen molar-refractivity contribution < 1.29 is 18.8 Å². The van der Waals surface area contributed by atoms with Gasteiger partial charge < -0.3 is 24.3 Å². The molecule has 3 rings (SSSR count). The number of alkyl carbamates (subject to hydrolysis) is 1. The second kappa shape index (κ2) is 8.34. The molecule has 30 heavy (non-hydrogen) atoms. The van der Waals surface area contributed by atoms with Gasteiger partial charge in [-0.3, -0.25) is 0 Å². The van der Waals surface area contributed by atoms with Crippen molar-refractivity contribution in [3.8, 4) is 0 Å². The van der Waals surface area contributed by atoms with E-state index < -0.39 is 12.7 Å². The van der Waals surface area contributed by atoms with Crippen LogP contribution in [-0.4, -0.2) is 59.6 Å². The molecule has 8 nitrogen and oxygen atoms in total. The Morgan fingerprint density at radius 3 is 2.20 bits per heavy atom. The van der Waals surface area contributed by atoms with Gasteiger partial charge >= 0.3 is 13.2 Å². The number of ether oxygens (including phenoxy) is 1. The summed E-state index contributed by atoms with van der Waals surface area (Å²) in [4.78, 5) is 23.1. The predicted octanol–water partition coefficient (Wildman–Crippen LogP) is 2.52. The number of aromatic nitrogens is 2. The third-order valence-corrected chi connectivity index (χ3v) is 6.01. The summed E-state index contributed by atoms with van der Waals surface area (Å²) in [6.07, 6.45) is 5.17. The minimum absolute atomic E-state index is 0.355. The third-order valence-electron chi connectivity index (χ3n) is 6.01. The molecule has 0 spiro atoms. The zero-order valence-corrected chi connectivity index (χ0v) is 19.3. The van der Waals surface area contributed by atoms with Crippen LogP contribution in [0.25, 0.3) is 0 Å². The molecule has 1 aromatic heterocycles. The lowest BCUT2D eigenvalue weighted by Gasteiger charge is -2.32. The van der Waals surface area contributed by atoms with Crippen LogP contribution in [-0.2, 0) is 14.0 Å². The lowest BCUT2D eigenvalue weighted by atomic mass is 9.81. The smallest absolute Gasteiger partial charge is 0.444 e. The van der Waals surface area contributed by atoms with Gasteiger partial charge in [0, 0.05) is 37.5 Å². The normalized spacial score (nSPS) is 21.6. The van der Waals surface area contributed by atoms with Crippen LogP contribution in [0, 0.1) is 5.92 Å². The molecule has 2 saturated heterocycles.